The van der Waals surface area contributed by atoms with Crippen LogP contribution in [0.1, 0.15) is 41.1 Å². The lowest BCUT2D eigenvalue weighted by Gasteiger charge is -2.35. The molecule has 2 aromatic carbocycles. The van der Waals surface area contributed by atoms with Gasteiger partial charge < -0.3 is 19.2 Å². The Bertz CT molecular complexity index is 1000. The van der Waals surface area contributed by atoms with Crippen molar-refractivity contribution in [2.75, 3.05) is 20.2 Å². The molecule has 4 rings (SSSR count). The van der Waals surface area contributed by atoms with E-state index < -0.39 is 0 Å². The van der Waals surface area contributed by atoms with Crippen LogP contribution in [-0.2, 0) is 13.2 Å². The molecule has 0 radical (unpaired) electrons. The van der Waals surface area contributed by atoms with Crippen LogP contribution < -0.4 is 14.8 Å². The van der Waals surface area contributed by atoms with E-state index in [1.54, 1.807) is 19.2 Å². The molecule has 2 heterocycles. The van der Waals surface area contributed by atoms with E-state index in [0.717, 1.165) is 19.5 Å². The number of amides is 1. The summed E-state index contributed by atoms with van der Waals surface area (Å²) >= 11 is 0. The first-order valence-corrected chi connectivity index (χ1v) is 11.1. The Morgan fingerprint density at radius 3 is 2.62 bits per heavy atom. The number of rotatable bonds is 9. The smallest absolute Gasteiger partial charge is 0.287 e. The van der Waals surface area contributed by atoms with Gasteiger partial charge in [-0.25, -0.2) is 0 Å². The average Bonchev–Trinajstić information content (AvgIpc) is 3.32. The highest BCUT2D eigenvalue weighted by Gasteiger charge is 2.23. The van der Waals surface area contributed by atoms with Crippen molar-refractivity contribution in [1.82, 2.24) is 10.2 Å². The van der Waals surface area contributed by atoms with E-state index in [2.05, 4.69) is 34.5 Å². The van der Waals surface area contributed by atoms with E-state index in [-0.39, 0.29) is 12.5 Å². The highest BCUT2D eigenvalue weighted by molar-refractivity contribution is 5.91. The zero-order chi connectivity index (χ0) is 22.2. The highest BCUT2D eigenvalue weighted by Crippen LogP contribution is 2.27. The van der Waals surface area contributed by atoms with Gasteiger partial charge >= 0.3 is 0 Å². The lowest BCUT2D eigenvalue weighted by atomic mass is 10.0. The summed E-state index contributed by atoms with van der Waals surface area (Å²) < 4.78 is 16.8. The third-order valence-corrected chi connectivity index (χ3v) is 5.80. The van der Waals surface area contributed by atoms with Crippen molar-refractivity contribution in [2.24, 2.45) is 0 Å². The maximum Gasteiger partial charge on any atom is 0.287 e. The molecule has 6 heteroatoms. The van der Waals surface area contributed by atoms with Gasteiger partial charge in [-0.1, -0.05) is 48.9 Å². The molecule has 6 nitrogen and oxygen atoms in total. The molecule has 1 aromatic heterocycles. The molecule has 168 valence electrons. The van der Waals surface area contributed by atoms with Crippen molar-refractivity contribution >= 4 is 5.91 Å². The van der Waals surface area contributed by atoms with E-state index in [0.29, 0.717) is 35.6 Å². The van der Waals surface area contributed by atoms with E-state index in [1.807, 2.05) is 30.3 Å². The number of hydrogen-bond acceptors (Lipinski definition) is 5. The molecular formula is C26H30N2O4. The first kappa shape index (κ1) is 22.0. The molecule has 1 atom stereocenters. The SMILES string of the molecule is COc1ccccc1OCc1ccc(C(=O)NCC2CCCCN2Cc2ccccc2)o1. The van der Waals surface area contributed by atoms with Crippen LogP contribution in [0.3, 0.4) is 0 Å². The number of ether oxygens (including phenoxy) is 2. The minimum atomic E-state index is -0.196. The normalized spacial score (nSPS) is 16.5. The summed E-state index contributed by atoms with van der Waals surface area (Å²) in [5.74, 6) is 1.98. The molecule has 1 fully saturated rings. The number of para-hydroxylation sites is 2. The molecule has 1 amide bonds. The number of methoxy groups -OCH3 is 1. The third kappa shape index (κ3) is 5.71. The number of furan rings is 1. The molecule has 1 saturated heterocycles. The molecule has 0 aliphatic carbocycles. The predicted octanol–water partition coefficient (Wildman–Crippen LogP) is 4.65. The first-order chi connectivity index (χ1) is 15.7. The number of nitrogens with zero attached hydrogens (tertiary/aromatic N) is 1. The minimum absolute atomic E-state index is 0.196. The second-order valence-electron chi connectivity index (χ2n) is 8.02. The Labute approximate surface area is 189 Å². The summed E-state index contributed by atoms with van der Waals surface area (Å²) in [7, 11) is 1.60. The van der Waals surface area contributed by atoms with Gasteiger partial charge in [0.15, 0.2) is 17.3 Å². The van der Waals surface area contributed by atoms with Crippen LogP contribution in [0.15, 0.2) is 71.1 Å². The molecule has 3 aromatic rings. The lowest BCUT2D eigenvalue weighted by molar-refractivity contribution is 0.0877. The van der Waals surface area contributed by atoms with Gasteiger partial charge in [-0.05, 0) is 49.2 Å². The second-order valence-corrected chi connectivity index (χ2v) is 8.02. The Morgan fingerprint density at radius 2 is 1.81 bits per heavy atom. The number of carbonyl (C=O) groups is 1. The molecule has 1 unspecified atom stereocenters. The first-order valence-electron chi connectivity index (χ1n) is 11.1. The van der Waals surface area contributed by atoms with Crippen LogP contribution in [0.4, 0.5) is 0 Å². The highest BCUT2D eigenvalue weighted by atomic mass is 16.5. The summed E-state index contributed by atoms with van der Waals surface area (Å²) in [5, 5.41) is 3.05. The molecule has 32 heavy (non-hydrogen) atoms. The quantitative estimate of drug-likeness (QED) is 0.531. The topological polar surface area (TPSA) is 63.9 Å². The number of piperidine rings is 1. The fourth-order valence-electron chi connectivity index (χ4n) is 4.08. The third-order valence-electron chi connectivity index (χ3n) is 5.80. The Hall–Kier alpha value is -3.25. The maximum atomic E-state index is 12.7. The van der Waals surface area contributed by atoms with E-state index in [4.69, 9.17) is 13.9 Å². The average molecular weight is 435 g/mol. The van der Waals surface area contributed by atoms with Crippen LogP contribution in [0.25, 0.3) is 0 Å². The van der Waals surface area contributed by atoms with E-state index in [1.165, 1.54) is 18.4 Å². The van der Waals surface area contributed by atoms with Gasteiger partial charge in [0.2, 0.25) is 0 Å². The number of likely N-dealkylation sites (tertiary alicyclic amines) is 1. The molecule has 1 aliphatic heterocycles. The van der Waals surface area contributed by atoms with Crippen molar-refractivity contribution in [3.05, 3.63) is 83.8 Å². The largest absolute Gasteiger partial charge is 0.493 e. The van der Waals surface area contributed by atoms with Gasteiger partial charge in [0.25, 0.3) is 5.91 Å². The number of benzene rings is 2. The standard InChI is InChI=1S/C26H30N2O4/c1-30-23-12-5-6-13-24(23)31-19-22-14-15-25(32-22)26(29)27-17-21-11-7-8-16-28(21)18-20-9-3-2-4-10-20/h2-6,9-10,12-15,21H,7-8,11,16-19H2,1H3,(H,27,29). The number of nitrogens with one attached hydrogen (secondary N) is 1. The van der Waals surface area contributed by atoms with Crippen molar-refractivity contribution in [3.8, 4) is 11.5 Å². The van der Waals surface area contributed by atoms with E-state index in [9.17, 15) is 4.79 Å². The molecule has 0 spiro atoms. The summed E-state index contributed by atoms with van der Waals surface area (Å²) in [6, 6.07) is 21.7. The monoisotopic (exact) mass is 434 g/mol. The van der Waals surface area contributed by atoms with Crippen LogP contribution in [-0.4, -0.2) is 37.0 Å². The summed E-state index contributed by atoms with van der Waals surface area (Å²) in [5.41, 5.74) is 1.30. The van der Waals surface area contributed by atoms with Crippen LogP contribution in [0, 0.1) is 0 Å². The fourth-order valence-corrected chi connectivity index (χ4v) is 4.08. The van der Waals surface area contributed by atoms with Gasteiger partial charge in [0, 0.05) is 19.1 Å². The molecule has 1 aliphatic rings. The molecule has 1 N–H and O–H groups in total. The Balaban J connectivity index is 1.29. The molecule has 0 bridgehead atoms. The van der Waals surface area contributed by atoms with Crippen LogP contribution in [0.2, 0.25) is 0 Å². The zero-order valence-electron chi connectivity index (χ0n) is 18.5. The van der Waals surface area contributed by atoms with Gasteiger partial charge in [0.05, 0.1) is 7.11 Å². The Kier molecular flexibility index (Phi) is 7.46. The van der Waals surface area contributed by atoms with Gasteiger partial charge in [-0.15, -0.1) is 0 Å². The lowest BCUT2D eigenvalue weighted by Crippen LogP contribution is -2.46. The zero-order valence-corrected chi connectivity index (χ0v) is 18.5. The molecule has 0 saturated carbocycles. The maximum absolute atomic E-state index is 12.7. The number of carbonyl (C=O) groups excluding carboxylic acids is 1. The summed E-state index contributed by atoms with van der Waals surface area (Å²) in [4.78, 5) is 15.1. The second kappa shape index (κ2) is 10.9. The fraction of sp³-hybridized carbons (Fsp3) is 0.346. The predicted molar refractivity (Wildman–Crippen MR) is 123 cm³/mol. The number of hydrogen-bond donors (Lipinski definition) is 1. The van der Waals surface area contributed by atoms with Gasteiger partial charge in [-0.3, -0.25) is 9.69 Å². The Morgan fingerprint density at radius 1 is 1.03 bits per heavy atom. The van der Waals surface area contributed by atoms with Crippen molar-refractivity contribution < 1.29 is 18.7 Å². The van der Waals surface area contributed by atoms with Crippen molar-refractivity contribution in [3.63, 3.8) is 0 Å². The van der Waals surface area contributed by atoms with Crippen LogP contribution >= 0.6 is 0 Å². The van der Waals surface area contributed by atoms with Crippen molar-refractivity contribution in [2.45, 2.75) is 38.5 Å². The van der Waals surface area contributed by atoms with Gasteiger partial charge in [0.1, 0.15) is 12.4 Å². The molecular weight excluding hydrogens is 404 g/mol. The minimum Gasteiger partial charge on any atom is -0.493 e. The van der Waals surface area contributed by atoms with Gasteiger partial charge in [-0.2, -0.15) is 0 Å². The summed E-state index contributed by atoms with van der Waals surface area (Å²) in [6.45, 7) is 2.80. The van der Waals surface area contributed by atoms with E-state index >= 15 is 0 Å². The summed E-state index contributed by atoms with van der Waals surface area (Å²) in [6.07, 6.45) is 3.48. The van der Waals surface area contributed by atoms with Crippen LogP contribution in [0.5, 0.6) is 11.5 Å². The van der Waals surface area contributed by atoms with Crippen molar-refractivity contribution in [1.29, 1.82) is 0 Å².